The Labute approximate surface area is 146 Å². The Morgan fingerprint density at radius 1 is 1.21 bits per heavy atom. The van der Waals surface area contributed by atoms with Gasteiger partial charge in [0.15, 0.2) is 0 Å². The highest BCUT2D eigenvalue weighted by Crippen LogP contribution is 2.15. The molecule has 134 valence electrons. The maximum Gasteiger partial charge on any atom is 0.226 e. The zero-order chi connectivity index (χ0) is 17.4. The summed E-state index contributed by atoms with van der Waals surface area (Å²) in [5.41, 5.74) is -0.185. The molecule has 1 saturated heterocycles. The van der Waals surface area contributed by atoms with Crippen LogP contribution in [-0.2, 0) is 4.79 Å². The van der Waals surface area contributed by atoms with E-state index in [0.29, 0.717) is 6.61 Å². The van der Waals surface area contributed by atoms with Crippen molar-refractivity contribution in [1.29, 1.82) is 0 Å². The second kappa shape index (κ2) is 9.07. The van der Waals surface area contributed by atoms with Crippen LogP contribution in [0.25, 0.3) is 0 Å². The molecule has 1 heterocycles. The van der Waals surface area contributed by atoms with E-state index in [1.807, 2.05) is 37.3 Å². The van der Waals surface area contributed by atoms with Crippen molar-refractivity contribution in [2.24, 2.45) is 5.92 Å². The fourth-order valence-electron chi connectivity index (χ4n) is 2.95. The van der Waals surface area contributed by atoms with Gasteiger partial charge in [0.05, 0.1) is 12.5 Å². The SMILES string of the molecule is CC(COc1ccccc1)C(=O)NC(C)(C)CCN1CCCCC1. The molecule has 1 aromatic carbocycles. The van der Waals surface area contributed by atoms with E-state index < -0.39 is 0 Å². The van der Waals surface area contributed by atoms with Gasteiger partial charge in [-0.15, -0.1) is 0 Å². The van der Waals surface area contributed by atoms with Crippen LogP contribution in [0.5, 0.6) is 5.75 Å². The van der Waals surface area contributed by atoms with Crippen molar-refractivity contribution >= 4 is 5.91 Å². The first-order valence-electron chi connectivity index (χ1n) is 9.18. The van der Waals surface area contributed by atoms with Gasteiger partial charge in [0, 0.05) is 12.1 Å². The molecule has 0 bridgehead atoms. The predicted molar refractivity (Wildman–Crippen MR) is 98.2 cm³/mol. The molecule has 1 amide bonds. The van der Waals surface area contributed by atoms with Crippen LogP contribution in [0.4, 0.5) is 0 Å². The summed E-state index contributed by atoms with van der Waals surface area (Å²) >= 11 is 0. The summed E-state index contributed by atoms with van der Waals surface area (Å²) in [5, 5.41) is 3.19. The molecular formula is C20H32N2O2. The fourth-order valence-corrected chi connectivity index (χ4v) is 2.95. The van der Waals surface area contributed by atoms with Crippen LogP contribution >= 0.6 is 0 Å². The summed E-state index contributed by atoms with van der Waals surface area (Å²) in [5.74, 6) is 0.704. The largest absolute Gasteiger partial charge is 0.493 e. The van der Waals surface area contributed by atoms with E-state index in [-0.39, 0.29) is 17.4 Å². The van der Waals surface area contributed by atoms with Crippen molar-refractivity contribution in [2.75, 3.05) is 26.2 Å². The average Bonchev–Trinajstić information content (AvgIpc) is 2.59. The molecule has 1 unspecified atom stereocenters. The highest BCUT2D eigenvalue weighted by atomic mass is 16.5. The Balaban J connectivity index is 1.72. The number of nitrogens with zero attached hydrogens (tertiary/aromatic N) is 1. The summed E-state index contributed by atoms with van der Waals surface area (Å²) in [6, 6.07) is 9.64. The molecule has 1 aromatic rings. The molecule has 1 aliphatic heterocycles. The number of carbonyl (C=O) groups is 1. The lowest BCUT2D eigenvalue weighted by atomic mass is 9.98. The molecule has 0 aliphatic carbocycles. The maximum absolute atomic E-state index is 12.4. The molecule has 4 heteroatoms. The van der Waals surface area contributed by atoms with Crippen LogP contribution in [0.3, 0.4) is 0 Å². The third kappa shape index (κ3) is 6.52. The molecule has 24 heavy (non-hydrogen) atoms. The fraction of sp³-hybridized carbons (Fsp3) is 0.650. The van der Waals surface area contributed by atoms with E-state index in [1.54, 1.807) is 0 Å². The Bertz CT molecular complexity index is 496. The van der Waals surface area contributed by atoms with Gasteiger partial charge in [-0.25, -0.2) is 0 Å². The first kappa shape index (κ1) is 18.8. The summed E-state index contributed by atoms with van der Waals surface area (Å²) < 4.78 is 5.69. The number of hydrogen-bond donors (Lipinski definition) is 1. The van der Waals surface area contributed by atoms with Crippen LogP contribution in [0.15, 0.2) is 30.3 Å². The minimum absolute atomic E-state index is 0.0644. The molecule has 0 aromatic heterocycles. The van der Waals surface area contributed by atoms with Gasteiger partial charge in [-0.1, -0.05) is 31.5 Å². The van der Waals surface area contributed by atoms with E-state index in [1.165, 1.54) is 32.4 Å². The van der Waals surface area contributed by atoms with Gasteiger partial charge in [-0.05, 0) is 58.3 Å². The van der Waals surface area contributed by atoms with Gasteiger partial charge >= 0.3 is 0 Å². The number of nitrogens with one attached hydrogen (secondary N) is 1. The lowest BCUT2D eigenvalue weighted by molar-refractivity contribution is -0.127. The van der Waals surface area contributed by atoms with Crippen molar-refractivity contribution in [3.05, 3.63) is 30.3 Å². The molecular weight excluding hydrogens is 300 g/mol. The van der Waals surface area contributed by atoms with Crippen molar-refractivity contribution in [3.63, 3.8) is 0 Å². The molecule has 1 fully saturated rings. The lowest BCUT2D eigenvalue weighted by Gasteiger charge is -2.32. The normalized spacial score (nSPS) is 17.3. The topological polar surface area (TPSA) is 41.6 Å². The summed E-state index contributed by atoms with van der Waals surface area (Å²) in [6.07, 6.45) is 4.95. The Morgan fingerprint density at radius 2 is 1.88 bits per heavy atom. The highest BCUT2D eigenvalue weighted by molar-refractivity contribution is 5.79. The summed E-state index contributed by atoms with van der Waals surface area (Å²) in [6.45, 7) is 10.00. The standard InChI is InChI=1S/C20H32N2O2/c1-17(16-24-18-10-6-4-7-11-18)19(23)21-20(2,3)12-15-22-13-8-5-9-14-22/h4,6-7,10-11,17H,5,8-9,12-16H2,1-3H3,(H,21,23). The molecule has 1 aliphatic rings. The van der Waals surface area contributed by atoms with E-state index in [4.69, 9.17) is 4.74 Å². The molecule has 1 N–H and O–H groups in total. The smallest absolute Gasteiger partial charge is 0.226 e. The highest BCUT2D eigenvalue weighted by Gasteiger charge is 2.25. The van der Waals surface area contributed by atoms with Crippen molar-refractivity contribution in [2.45, 2.75) is 52.0 Å². The Kier molecular flexibility index (Phi) is 7.10. The number of ether oxygens (including phenoxy) is 1. The molecule has 4 nitrogen and oxygen atoms in total. The van der Waals surface area contributed by atoms with Crippen LogP contribution in [-0.4, -0.2) is 42.6 Å². The zero-order valence-electron chi connectivity index (χ0n) is 15.4. The number of likely N-dealkylation sites (tertiary alicyclic amines) is 1. The van der Waals surface area contributed by atoms with Gasteiger partial charge in [0.25, 0.3) is 0 Å². The lowest BCUT2D eigenvalue weighted by Crippen LogP contribution is -2.48. The Hall–Kier alpha value is -1.55. The number of rotatable bonds is 8. The van der Waals surface area contributed by atoms with E-state index in [2.05, 4.69) is 24.1 Å². The molecule has 1 atom stereocenters. The zero-order valence-corrected chi connectivity index (χ0v) is 15.4. The van der Waals surface area contributed by atoms with Crippen LogP contribution in [0.1, 0.15) is 46.5 Å². The third-order valence-electron chi connectivity index (χ3n) is 4.65. The van der Waals surface area contributed by atoms with Crippen molar-refractivity contribution in [3.8, 4) is 5.75 Å². The number of amides is 1. The maximum atomic E-state index is 12.4. The number of piperidine rings is 1. The van der Waals surface area contributed by atoms with Gasteiger partial charge in [0.2, 0.25) is 5.91 Å². The van der Waals surface area contributed by atoms with Gasteiger partial charge in [0.1, 0.15) is 5.75 Å². The quantitative estimate of drug-likeness (QED) is 0.792. The molecule has 0 radical (unpaired) electrons. The van der Waals surface area contributed by atoms with Crippen LogP contribution < -0.4 is 10.1 Å². The van der Waals surface area contributed by atoms with E-state index in [9.17, 15) is 4.79 Å². The summed E-state index contributed by atoms with van der Waals surface area (Å²) in [4.78, 5) is 14.9. The van der Waals surface area contributed by atoms with E-state index >= 15 is 0 Å². The Morgan fingerprint density at radius 3 is 2.54 bits per heavy atom. The van der Waals surface area contributed by atoms with Gasteiger partial charge < -0.3 is 15.0 Å². The van der Waals surface area contributed by atoms with Crippen molar-refractivity contribution in [1.82, 2.24) is 10.2 Å². The molecule has 0 spiro atoms. The van der Waals surface area contributed by atoms with Gasteiger partial charge in [-0.3, -0.25) is 4.79 Å². The minimum atomic E-state index is -0.185. The first-order valence-corrected chi connectivity index (χ1v) is 9.18. The first-order chi connectivity index (χ1) is 11.5. The second-order valence-electron chi connectivity index (χ2n) is 7.55. The molecule has 2 rings (SSSR count). The van der Waals surface area contributed by atoms with Gasteiger partial charge in [-0.2, -0.15) is 0 Å². The summed E-state index contributed by atoms with van der Waals surface area (Å²) in [7, 11) is 0. The molecule has 0 saturated carbocycles. The van der Waals surface area contributed by atoms with Crippen molar-refractivity contribution < 1.29 is 9.53 Å². The second-order valence-corrected chi connectivity index (χ2v) is 7.55. The number of carbonyl (C=O) groups excluding carboxylic acids is 1. The predicted octanol–water partition coefficient (Wildman–Crippen LogP) is 3.47. The van der Waals surface area contributed by atoms with E-state index in [0.717, 1.165) is 18.7 Å². The number of hydrogen-bond acceptors (Lipinski definition) is 3. The number of para-hydroxylation sites is 1. The monoisotopic (exact) mass is 332 g/mol. The average molecular weight is 332 g/mol. The van der Waals surface area contributed by atoms with Crippen LogP contribution in [0.2, 0.25) is 0 Å². The van der Waals surface area contributed by atoms with Crippen LogP contribution in [0, 0.1) is 5.92 Å². The number of benzene rings is 1. The minimum Gasteiger partial charge on any atom is -0.493 e. The third-order valence-corrected chi connectivity index (χ3v) is 4.65.